The summed E-state index contributed by atoms with van der Waals surface area (Å²) in [6.07, 6.45) is 4.40. The lowest BCUT2D eigenvalue weighted by atomic mass is 10.1. The summed E-state index contributed by atoms with van der Waals surface area (Å²) in [5, 5.41) is 19.9. The molecule has 0 radical (unpaired) electrons. The Labute approximate surface area is 162 Å². The Hall–Kier alpha value is -3.06. The maximum absolute atomic E-state index is 10.2. The summed E-state index contributed by atoms with van der Waals surface area (Å²) in [4.78, 5) is 11.3. The molecule has 0 amide bonds. The highest BCUT2D eigenvalue weighted by Gasteiger charge is 2.29. The summed E-state index contributed by atoms with van der Waals surface area (Å²) >= 11 is 0. The number of rotatable bonds is 4. The van der Waals surface area contributed by atoms with Crippen molar-refractivity contribution in [2.24, 2.45) is 0 Å². The Balaban J connectivity index is 1.47. The van der Waals surface area contributed by atoms with Gasteiger partial charge in [0.05, 0.1) is 24.2 Å². The number of benzene rings is 1. The predicted molar refractivity (Wildman–Crippen MR) is 108 cm³/mol. The summed E-state index contributed by atoms with van der Waals surface area (Å²) in [6.45, 7) is 0.591. The molecule has 1 fully saturated rings. The average molecular weight is 374 g/mol. The Morgan fingerprint density at radius 1 is 1.14 bits per heavy atom. The molecular weight excluding hydrogens is 352 g/mol. The van der Waals surface area contributed by atoms with E-state index in [1.165, 1.54) is 0 Å². The fourth-order valence-electron chi connectivity index (χ4n) is 4.09. The van der Waals surface area contributed by atoms with E-state index in [1.807, 2.05) is 36.0 Å². The Bertz CT molecular complexity index is 1140. The molecule has 5 rings (SSSR count). The lowest BCUT2D eigenvalue weighted by Crippen LogP contribution is -2.38. The Morgan fingerprint density at radius 2 is 2.04 bits per heavy atom. The average Bonchev–Trinajstić information content (AvgIpc) is 3.33. The topological polar surface area (TPSA) is 80.0 Å². The number of likely N-dealkylation sites (N-methyl/N-ethyl adjacent to an activating group) is 1. The van der Waals surface area contributed by atoms with Gasteiger partial charge in [0.25, 0.3) is 0 Å². The molecular formula is C21H22N6O. The van der Waals surface area contributed by atoms with Gasteiger partial charge in [0.15, 0.2) is 5.65 Å². The quantitative estimate of drug-likeness (QED) is 0.592. The van der Waals surface area contributed by atoms with Crippen LogP contribution in [0, 0.1) is 0 Å². The highest BCUT2D eigenvalue weighted by molar-refractivity contribution is 5.79. The first-order chi connectivity index (χ1) is 13.7. The van der Waals surface area contributed by atoms with Crippen molar-refractivity contribution >= 4 is 27.9 Å². The molecule has 3 aromatic heterocycles. The second-order valence-corrected chi connectivity index (χ2v) is 7.47. The molecule has 2 atom stereocenters. The van der Waals surface area contributed by atoms with E-state index in [0.29, 0.717) is 6.54 Å². The van der Waals surface area contributed by atoms with Crippen molar-refractivity contribution < 1.29 is 5.11 Å². The van der Waals surface area contributed by atoms with Crippen LogP contribution in [0.25, 0.3) is 22.1 Å². The molecule has 1 unspecified atom stereocenters. The molecule has 28 heavy (non-hydrogen) atoms. The van der Waals surface area contributed by atoms with Crippen molar-refractivity contribution in [3.63, 3.8) is 0 Å². The van der Waals surface area contributed by atoms with Crippen molar-refractivity contribution in [2.75, 3.05) is 11.9 Å². The Morgan fingerprint density at radius 3 is 2.89 bits per heavy atom. The largest absolute Gasteiger partial charge is 0.391 e. The van der Waals surface area contributed by atoms with E-state index in [4.69, 9.17) is 4.98 Å². The van der Waals surface area contributed by atoms with Crippen LogP contribution < -0.4 is 4.90 Å². The van der Waals surface area contributed by atoms with E-state index in [1.54, 1.807) is 6.20 Å². The van der Waals surface area contributed by atoms with Crippen LogP contribution in [0.15, 0.2) is 48.7 Å². The van der Waals surface area contributed by atoms with E-state index in [2.05, 4.69) is 38.4 Å². The van der Waals surface area contributed by atoms with Gasteiger partial charge >= 0.3 is 0 Å². The van der Waals surface area contributed by atoms with Crippen LogP contribution in [-0.2, 0) is 6.54 Å². The monoisotopic (exact) mass is 374 g/mol. The minimum absolute atomic E-state index is 0.113. The zero-order valence-electron chi connectivity index (χ0n) is 15.7. The number of hydrogen-bond donors (Lipinski definition) is 1. The molecule has 0 spiro atoms. The van der Waals surface area contributed by atoms with E-state index in [0.717, 1.165) is 52.7 Å². The lowest BCUT2D eigenvalue weighted by Gasteiger charge is -2.28. The molecule has 0 saturated heterocycles. The molecule has 1 aliphatic rings. The third kappa shape index (κ3) is 2.97. The normalized spacial score (nSPS) is 19.5. The molecule has 7 nitrogen and oxygen atoms in total. The fraction of sp³-hybridized carbons (Fsp3) is 0.333. The highest BCUT2D eigenvalue weighted by Crippen LogP contribution is 2.27. The van der Waals surface area contributed by atoms with Gasteiger partial charge in [-0.15, -0.1) is 5.10 Å². The summed E-state index contributed by atoms with van der Waals surface area (Å²) in [7, 11) is 2.00. The molecule has 3 heterocycles. The summed E-state index contributed by atoms with van der Waals surface area (Å²) in [5.74, 6) is 0.838. The van der Waals surface area contributed by atoms with E-state index < -0.39 is 0 Å². The van der Waals surface area contributed by atoms with Gasteiger partial charge in [0.1, 0.15) is 11.3 Å². The molecule has 1 saturated carbocycles. The summed E-state index contributed by atoms with van der Waals surface area (Å²) in [6, 6.07) is 14.2. The van der Waals surface area contributed by atoms with Crippen LogP contribution in [0.5, 0.6) is 0 Å². The minimum atomic E-state index is -0.295. The van der Waals surface area contributed by atoms with Gasteiger partial charge < -0.3 is 10.0 Å². The molecule has 7 heteroatoms. The molecule has 1 aromatic carbocycles. The summed E-state index contributed by atoms with van der Waals surface area (Å²) in [5.41, 5.74) is 3.63. The van der Waals surface area contributed by atoms with Crippen LogP contribution in [0.3, 0.4) is 0 Å². The highest BCUT2D eigenvalue weighted by atomic mass is 16.3. The molecule has 4 aromatic rings. The third-order valence-electron chi connectivity index (χ3n) is 5.65. The SMILES string of the molecule is CN(c1ccc2nnn(Cc3ccc4ncccc4c3)c2n1)C1CCC[C@H]1O. The number of aliphatic hydroxyl groups excluding tert-OH is 1. The smallest absolute Gasteiger partial charge is 0.180 e. The number of aromatic nitrogens is 5. The lowest BCUT2D eigenvalue weighted by molar-refractivity contribution is 0.162. The Kier molecular flexibility index (Phi) is 4.16. The van der Waals surface area contributed by atoms with Gasteiger partial charge in [-0.25, -0.2) is 9.67 Å². The maximum Gasteiger partial charge on any atom is 0.180 e. The van der Waals surface area contributed by atoms with E-state index >= 15 is 0 Å². The van der Waals surface area contributed by atoms with Gasteiger partial charge in [-0.2, -0.15) is 0 Å². The van der Waals surface area contributed by atoms with Gasteiger partial charge in [-0.3, -0.25) is 4.98 Å². The first-order valence-corrected chi connectivity index (χ1v) is 9.64. The first-order valence-electron chi connectivity index (χ1n) is 9.64. The van der Waals surface area contributed by atoms with Crippen molar-refractivity contribution in [1.29, 1.82) is 0 Å². The standard InChI is InChI=1S/C21H22N6O/c1-26(18-5-2-6-19(18)28)20-10-9-17-21(23-20)27(25-24-17)13-14-7-8-16-15(12-14)4-3-11-22-16/h3-4,7-12,18-19,28H,2,5-6,13H2,1H3/t18?,19-/m1/s1. The number of nitrogens with zero attached hydrogens (tertiary/aromatic N) is 6. The van der Waals surface area contributed by atoms with Gasteiger partial charge in [0, 0.05) is 18.6 Å². The molecule has 142 valence electrons. The first kappa shape index (κ1) is 17.1. The van der Waals surface area contributed by atoms with Crippen LogP contribution in [0.4, 0.5) is 5.82 Å². The zero-order chi connectivity index (χ0) is 19.1. The van der Waals surface area contributed by atoms with Gasteiger partial charge in [0.2, 0.25) is 0 Å². The van der Waals surface area contributed by atoms with E-state index in [9.17, 15) is 5.11 Å². The number of fused-ring (bicyclic) bond motifs is 2. The molecule has 1 aliphatic carbocycles. The van der Waals surface area contributed by atoms with Crippen LogP contribution >= 0.6 is 0 Å². The number of hydrogen-bond acceptors (Lipinski definition) is 6. The minimum Gasteiger partial charge on any atom is -0.391 e. The van der Waals surface area contributed by atoms with Crippen LogP contribution in [-0.4, -0.2) is 49.3 Å². The zero-order valence-corrected chi connectivity index (χ0v) is 15.7. The third-order valence-corrected chi connectivity index (χ3v) is 5.65. The van der Waals surface area contributed by atoms with Crippen LogP contribution in [0.1, 0.15) is 24.8 Å². The molecule has 0 aliphatic heterocycles. The fourth-order valence-corrected chi connectivity index (χ4v) is 4.09. The predicted octanol–water partition coefficient (Wildman–Crippen LogP) is 2.77. The maximum atomic E-state index is 10.2. The van der Waals surface area contributed by atoms with Crippen molar-refractivity contribution in [2.45, 2.75) is 38.0 Å². The number of pyridine rings is 2. The summed E-state index contributed by atoms with van der Waals surface area (Å²) < 4.78 is 1.83. The van der Waals surface area contributed by atoms with Crippen molar-refractivity contribution in [1.82, 2.24) is 25.0 Å². The van der Waals surface area contributed by atoms with Crippen molar-refractivity contribution in [3.05, 3.63) is 54.2 Å². The number of anilines is 1. The van der Waals surface area contributed by atoms with E-state index in [-0.39, 0.29) is 12.1 Å². The second kappa shape index (κ2) is 6.83. The van der Waals surface area contributed by atoms with Gasteiger partial charge in [-0.05, 0) is 55.2 Å². The second-order valence-electron chi connectivity index (χ2n) is 7.47. The molecule has 0 bridgehead atoms. The van der Waals surface area contributed by atoms with Crippen molar-refractivity contribution in [3.8, 4) is 0 Å². The van der Waals surface area contributed by atoms with Gasteiger partial charge in [-0.1, -0.05) is 17.3 Å². The molecule has 1 N–H and O–H groups in total. The number of aliphatic hydroxyl groups is 1. The van der Waals surface area contributed by atoms with Crippen LogP contribution in [0.2, 0.25) is 0 Å².